The number of non-ortho nitro benzene ring substituents is 1. The molecule has 0 unspecified atom stereocenters. The molecule has 1 aromatic rings. The molecule has 7 nitrogen and oxygen atoms in total. The van der Waals surface area contributed by atoms with Gasteiger partial charge in [0.1, 0.15) is 0 Å². The molecule has 0 fully saturated rings. The van der Waals surface area contributed by atoms with Crippen molar-refractivity contribution in [2.75, 3.05) is 20.3 Å². The number of rotatable bonds is 7. The first-order chi connectivity index (χ1) is 11.4. The number of nitro benzene ring substituents is 1. The summed E-state index contributed by atoms with van der Waals surface area (Å²) in [4.78, 5) is 37.1. The molecule has 0 saturated carbocycles. The number of imide groups is 1. The smallest absolute Gasteiger partial charge is 0.269 e. The van der Waals surface area contributed by atoms with Crippen LogP contribution in [-0.4, -0.2) is 47.1 Å². The minimum atomic E-state index is -0.506. The van der Waals surface area contributed by atoms with Crippen LogP contribution in [0, 0.1) is 10.1 Å². The molecular formula is C16H18N2O5S. The van der Waals surface area contributed by atoms with Gasteiger partial charge in [-0.1, -0.05) is 13.8 Å². The molecule has 24 heavy (non-hydrogen) atoms. The predicted octanol–water partition coefficient (Wildman–Crippen LogP) is 2.46. The van der Waals surface area contributed by atoms with Gasteiger partial charge in [0.25, 0.3) is 17.5 Å². The average Bonchev–Trinajstić information content (AvgIpc) is 2.76. The van der Waals surface area contributed by atoms with Gasteiger partial charge < -0.3 is 4.74 Å². The van der Waals surface area contributed by atoms with Crippen molar-refractivity contribution in [3.63, 3.8) is 0 Å². The highest BCUT2D eigenvalue weighted by Crippen LogP contribution is 2.38. The molecule has 0 radical (unpaired) electrons. The van der Waals surface area contributed by atoms with E-state index in [1.807, 2.05) is 13.8 Å². The SMILES string of the molecule is COCCN1C(=O)C(SC(C)C)=C(c2ccc([N+](=O)[O-])cc2)C1=O. The van der Waals surface area contributed by atoms with Crippen molar-refractivity contribution in [1.29, 1.82) is 0 Å². The number of thioether (sulfide) groups is 1. The van der Waals surface area contributed by atoms with E-state index in [9.17, 15) is 19.7 Å². The third-order valence-electron chi connectivity index (χ3n) is 3.36. The summed E-state index contributed by atoms with van der Waals surface area (Å²) in [6.45, 7) is 4.29. The number of nitrogens with zero attached hydrogens (tertiary/aromatic N) is 2. The van der Waals surface area contributed by atoms with Gasteiger partial charge >= 0.3 is 0 Å². The maximum Gasteiger partial charge on any atom is 0.269 e. The van der Waals surface area contributed by atoms with Crippen molar-refractivity contribution in [3.8, 4) is 0 Å². The van der Waals surface area contributed by atoms with Gasteiger partial charge in [0.05, 0.1) is 28.6 Å². The van der Waals surface area contributed by atoms with Crippen LogP contribution < -0.4 is 0 Å². The van der Waals surface area contributed by atoms with Gasteiger partial charge in [-0.25, -0.2) is 0 Å². The lowest BCUT2D eigenvalue weighted by molar-refractivity contribution is -0.384. The highest BCUT2D eigenvalue weighted by molar-refractivity contribution is 8.04. The number of nitro groups is 1. The molecule has 1 aliphatic heterocycles. The van der Waals surface area contributed by atoms with Crippen molar-refractivity contribution in [2.24, 2.45) is 0 Å². The van der Waals surface area contributed by atoms with Gasteiger partial charge in [0, 0.05) is 24.5 Å². The second-order valence-electron chi connectivity index (χ2n) is 5.43. The first kappa shape index (κ1) is 18.2. The summed E-state index contributed by atoms with van der Waals surface area (Å²) in [7, 11) is 1.50. The molecule has 0 bridgehead atoms. The Bertz CT molecular complexity index is 697. The van der Waals surface area contributed by atoms with Crippen molar-refractivity contribution < 1.29 is 19.2 Å². The number of carbonyl (C=O) groups is 2. The zero-order valence-electron chi connectivity index (χ0n) is 13.6. The molecule has 0 spiro atoms. The first-order valence-electron chi connectivity index (χ1n) is 7.37. The fourth-order valence-corrected chi connectivity index (χ4v) is 3.29. The van der Waals surface area contributed by atoms with Crippen molar-refractivity contribution >= 4 is 34.8 Å². The number of amides is 2. The molecule has 2 amide bonds. The second-order valence-corrected chi connectivity index (χ2v) is 7.02. The third kappa shape index (κ3) is 3.65. The molecule has 1 heterocycles. The van der Waals surface area contributed by atoms with Crippen LogP contribution in [0.5, 0.6) is 0 Å². The van der Waals surface area contributed by atoms with Crippen molar-refractivity contribution in [2.45, 2.75) is 19.1 Å². The fourth-order valence-electron chi connectivity index (χ4n) is 2.29. The molecule has 0 atom stereocenters. The van der Waals surface area contributed by atoms with E-state index in [-0.39, 0.29) is 30.0 Å². The van der Waals surface area contributed by atoms with Crippen LogP contribution in [0.4, 0.5) is 5.69 Å². The Labute approximate surface area is 143 Å². The zero-order valence-corrected chi connectivity index (χ0v) is 14.5. The molecule has 0 N–H and O–H groups in total. The Morgan fingerprint density at radius 3 is 2.33 bits per heavy atom. The summed E-state index contributed by atoms with van der Waals surface area (Å²) in [5, 5.41) is 10.9. The molecule has 2 rings (SSSR count). The largest absolute Gasteiger partial charge is 0.383 e. The second kappa shape index (κ2) is 7.59. The highest BCUT2D eigenvalue weighted by Gasteiger charge is 2.39. The molecule has 1 aliphatic rings. The maximum absolute atomic E-state index is 12.7. The lowest BCUT2D eigenvalue weighted by atomic mass is 10.1. The van der Waals surface area contributed by atoms with E-state index in [1.165, 1.54) is 43.1 Å². The number of methoxy groups -OCH3 is 1. The van der Waals surface area contributed by atoms with Crippen LogP contribution in [0.2, 0.25) is 0 Å². The quantitative estimate of drug-likeness (QED) is 0.426. The topological polar surface area (TPSA) is 89.8 Å². The van der Waals surface area contributed by atoms with Gasteiger partial charge in [-0.3, -0.25) is 24.6 Å². The van der Waals surface area contributed by atoms with Gasteiger partial charge in [0.15, 0.2) is 0 Å². The monoisotopic (exact) mass is 350 g/mol. The van der Waals surface area contributed by atoms with Crippen LogP contribution in [0.15, 0.2) is 29.2 Å². The lowest BCUT2D eigenvalue weighted by Crippen LogP contribution is -2.34. The van der Waals surface area contributed by atoms with E-state index in [0.29, 0.717) is 16.0 Å². The van der Waals surface area contributed by atoms with E-state index in [2.05, 4.69) is 0 Å². The minimum absolute atomic E-state index is 0.0644. The summed E-state index contributed by atoms with van der Waals surface area (Å²) in [5.74, 6) is -0.738. The molecule has 1 aromatic carbocycles. The van der Waals surface area contributed by atoms with Crippen LogP contribution >= 0.6 is 11.8 Å². The van der Waals surface area contributed by atoms with Crippen molar-refractivity contribution in [1.82, 2.24) is 4.90 Å². The van der Waals surface area contributed by atoms with Gasteiger partial charge in [-0.15, -0.1) is 11.8 Å². The Kier molecular flexibility index (Phi) is 5.74. The number of carbonyl (C=O) groups excluding carboxylic acids is 2. The molecule has 8 heteroatoms. The van der Waals surface area contributed by atoms with E-state index in [0.717, 1.165) is 4.90 Å². The van der Waals surface area contributed by atoms with Gasteiger partial charge in [-0.05, 0) is 17.7 Å². The lowest BCUT2D eigenvalue weighted by Gasteiger charge is -2.14. The average molecular weight is 350 g/mol. The van der Waals surface area contributed by atoms with E-state index < -0.39 is 10.8 Å². The van der Waals surface area contributed by atoms with Crippen molar-refractivity contribution in [3.05, 3.63) is 44.8 Å². The number of hydrogen-bond donors (Lipinski definition) is 0. The molecular weight excluding hydrogens is 332 g/mol. The van der Waals surface area contributed by atoms with Crippen LogP contribution in [-0.2, 0) is 14.3 Å². The van der Waals surface area contributed by atoms with E-state index >= 15 is 0 Å². The zero-order chi connectivity index (χ0) is 17.9. The summed E-state index contributed by atoms with van der Waals surface area (Å²) < 4.78 is 4.95. The van der Waals surface area contributed by atoms with Gasteiger partial charge in [-0.2, -0.15) is 0 Å². The molecule has 0 aromatic heterocycles. The molecule has 128 valence electrons. The third-order valence-corrected chi connectivity index (χ3v) is 4.45. The summed E-state index contributed by atoms with van der Waals surface area (Å²) >= 11 is 1.32. The maximum atomic E-state index is 12.7. The number of ether oxygens (including phenoxy) is 1. The number of benzene rings is 1. The fraction of sp³-hybridized carbons (Fsp3) is 0.375. The molecule has 0 saturated heterocycles. The summed E-state index contributed by atoms with van der Waals surface area (Å²) in [6, 6.07) is 5.66. The van der Waals surface area contributed by atoms with Crippen LogP contribution in [0.25, 0.3) is 5.57 Å². The Morgan fingerprint density at radius 2 is 1.83 bits per heavy atom. The normalized spacial score (nSPS) is 14.9. The number of hydrogen-bond acceptors (Lipinski definition) is 6. The Hall–Kier alpha value is -2.19. The van der Waals surface area contributed by atoms with E-state index in [4.69, 9.17) is 4.74 Å². The van der Waals surface area contributed by atoms with E-state index in [1.54, 1.807) is 0 Å². The molecule has 0 aliphatic carbocycles. The first-order valence-corrected chi connectivity index (χ1v) is 8.25. The summed E-state index contributed by atoms with van der Waals surface area (Å²) in [5.41, 5.74) is 0.733. The summed E-state index contributed by atoms with van der Waals surface area (Å²) in [6.07, 6.45) is 0. The Balaban J connectivity index is 2.43. The van der Waals surface area contributed by atoms with Gasteiger partial charge in [0.2, 0.25) is 0 Å². The van der Waals surface area contributed by atoms with Crippen LogP contribution in [0.3, 0.4) is 0 Å². The highest BCUT2D eigenvalue weighted by atomic mass is 32.2. The standard InChI is InChI=1S/C16H18N2O5S/c1-10(2)24-14-13(11-4-6-12(7-5-11)18(21)22)15(19)17(16(14)20)8-9-23-3/h4-7,10H,8-9H2,1-3H3. The minimum Gasteiger partial charge on any atom is -0.383 e. The van der Waals surface area contributed by atoms with Crippen LogP contribution in [0.1, 0.15) is 19.4 Å². The Morgan fingerprint density at radius 1 is 1.21 bits per heavy atom. The predicted molar refractivity (Wildman–Crippen MR) is 91.3 cm³/mol.